The van der Waals surface area contributed by atoms with Crippen LogP contribution in [0.15, 0.2) is 22.7 Å². The molecule has 1 N–H and O–H groups in total. The lowest BCUT2D eigenvalue weighted by atomic mass is 10.0. The van der Waals surface area contributed by atoms with Gasteiger partial charge in [-0.15, -0.1) is 0 Å². The molecule has 21 heavy (non-hydrogen) atoms. The monoisotopic (exact) mass is 352 g/mol. The Bertz CT molecular complexity index is 447. The van der Waals surface area contributed by atoms with E-state index in [1.807, 2.05) is 0 Å². The zero-order valence-corrected chi connectivity index (χ0v) is 15.2. The van der Waals surface area contributed by atoms with E-state index in [4.69, 9.17) is 0 Å². The molecule has 2 unspecified atom stereocenters. The summed E-state index contributed by atoms with van der Waals surface area (Å²) in [6.07, 6.45) is 6.66. The molecule has 2 atom stereocenters. The standard InChI is InChI=1S/C18H29BrN2/c1-4-15-9-7-6-8-12-21(15)16-10-11-17(18(19)13-16)14(3)20-5-2/h10-11,13-15,20H,4-9,12H2,1-3H3. The van der Waals surface area contributed by atoms with E-state index in [2.05, 4.69) is 65.1 Å². The molecule has 0 saturated carbocycles. The Morgan fingerprint density at radius 1 is 1.29 bits per heavy atom. The maximum absolute atomic E-state index is 3.78. The van der Waals surface area contributed by atoms with Gasteiger partial charge < -0.3 is 10.2 Å². The number of anilines is 1. The fourth-order valence-corrected chi connectivity index (χ4v) is 4.11. The largest absolute Gasteiger partial charge is 0.369 e. The number of nitrogens with zero attached hydrogens (tertiary/aromatic N) is 1. The molecule has 0 radical (unpaired) electrons. The van der Waals surface area contributed by atoms with Gasteiger partial charge in [-0.05, 0) is 50.4 Å². The van der Waals surface area contributed by atoms with Gasteiger partial charge in [-0.3, -0.25) is 0 Å². The first-order valence-electron chi connectivity index (χ1n) is 8.46. The fourth-order valence-electron chi connectivity index (χ4n) is 3.40. The van der Waals surface area contributed by atoms with Crippen molar-refractivity contribution in [3.05, 3.63) is 28.2 Å². The van der Waals surface area contributed by atoms with Crippen LogP contribution in [0.5, 0.6) is 0 Å². The Kier molecular flexibility index (Phi) is 6.56. The fraction of sp³-hybridized carbons (Fsp3) is 0.667. The van der Waals surface area contributed by atoms with Crippen LogP contribution in [0.1, 0.15) is 64.5 Å². The number of nitrogens with one attached hydrogen (secondary N) is 1. The molecule has 2 nitrogen and oxygen atoms in total. The summed E-state index contributed by atoms with van der Waals surface area (Å²) in [5.41, 5.74) is 2.73. The van der Waals surface area contributed by atoms with Gasteiger partial charge in [-0.1, -0.05) is 48.7 Å². The Hall–Kier alpha value is -0.540. The van der Waals surface area contributed by atoms with E-state index in [-0.39, 0.29) is 0 Å². The van der Waals surface area contributed by atoms with Crippen molar-refractivity contribution < 1.29 is 0 Å². The number of rotatable bonds is 5. The highest BCUT2D eigenvalue weighted by atomic mass is 79.9. The van der Waals surface area contributed by atoms with Gasteiger partial charge in [-0.25, -0.2) is 0 Å². The van der Waals surface area contributed by atoms with Crippen molar-refractivity contribution in [3.8, 4) is 0 Å². The lowest BCUT2D eigenvalue weighted by Crippen LogP contribution is -2.34. The van der Waals surface area contributed by atoms with Crippen molar-refractivity contribution in [2.45, 2.75) is 65.0 Å². The van der Waals surface area contributed by atoms with Crippen molar-refractivity contribution in [2.24, 2.45) is 0 Å². The minimum Gasteiger partial charge on any atom is -0.369 e. The van der Waals surface area contributed by atoms with Crippen molar-refractivity contribution in [3.63, 3.8) is 0 Å². The van der Waals surface area contributed by atoms with Gasteiger partial charge in [0.25, 0.3) is 0 Å². The molecule has 118 valence electrons. The first-order chi connectivity index (χ1) is 10.2. The smallest absolute Gasteiger partial charge is 0.0380 e. The molecule has 2 rings (SSSR count). The van der Waals surface area contributed by atoms with E-state index < -0.39 is 0 Å². The Morgan fingerprint density at radius 3 is 2.76 bits per heavy atom. The molecule has 1 aromatic carbocycles. The van der Waals surface area contributed by atoms with Crippen molar-refractivity contribution in [2.75, 3.05) is 18.0 Å². The first-order valence-corrected chi connectivity index (χ1v) is 9.26. The molecule has 0 bridgehead atoms. The second-order valence-corrected chi connectivity index (χ2v) is 6.94. The molecule has 1 aliphatic heterocycles. The summed E-state index contributed by atoms with van der Waals surface area (Å²) in [7, 11) is 0. The molecular weight excluding hydrogens is 324 g/mol. The number of hydrogen-bond acceptors (Lipinski definition) is 2. The lowest BCUT2D eigenvalue weighted by molar-refractivity contribution is 0.555. The molecule has 1 heterocycles. The second-order valence-electron chi connectivity index (χ2n) is 6.09. The zero-order chi connectivity index (χ0) is 15.2. The van der Waals surface area contributed by atoms with Crippen molar-refractivity contribution in [1.82, 2.24) is 5.32 Å². The summed E-state index contributed by atoms with van der Waals surface area (Å²) in [6, 6.07) is 8.00. The quantitative estimate of drug-likeness (QED) is 0.775. The van der Waals surface area contributed by atoms with Crippen molar-refractivity contribution >= 4 is 21.6 Å². The van der Waals surface area contributed by atoms with Crippen LogP contribution in [0, 0.1) is 0 Å². The summed E-state index contributed by atoms with van der Waals surface area (Å²) in [5.74, 6) is 0. The van der Waals surface area contributed by atoms with Crippen LogP contribution in [0.2, 0.25) is 0 Å². The van der Waals surface area contributed by atoms with Gasteiger partial charge in [0.1, 0.15) is 0 Å². The topological polar surface area (TPSA) is 15.3 Å². The second kappa shape index (κ2) is 8.19. The lowest BCUT2D eigenvalue weighted by Gasteiger charge is -2.32. The third kappa shape index (κ3) is 4.23. The number of benzene rings is 1. The highest BCUT2D eigenvalue weighted by Crippen LogP contribution is 2.31. The summed E-state index contributed by atoms with van der Waals surface area (Å²) < 4.78 is 1.23. The predicted molar refractivity (Wildman–Crippen MR) is 96.1 cm³/mol. The number of hydrogen-bond donors (Lipinski definition) is 1. The van der Waals surface area contributed by atoms with Gasteiger partial charge in [0.15, 0.2) is 0 Å². The summed E-state index contributed by atoms with van der Waals surface area (Å²) in [4.78, 5) is 2.62. The maximum atomic E-state index is 3.78. The van der Waals surface area contributed by atoms with Crippen molar-refractivity contribution in [1.29, 1.82) is 0 Å². The summed E-state index contributed by atoms with van der Waals surface area (Å²) in [5, 5.41) is 3.49. The van der Waals surface area contributed by atoms with Gasteiger partial charge in [0, 0.05) is 28.8 Å². The average Bonchev–Trinajstić information content (AvgIpc) is 2.72. The third-order valence-electron chi connectivity index (χ3n) is 4.64. The molecule has 0 aliphatic carbocycles. The van der Waals surface area contributed by atoms with E-state index in [0.29, 0.717) is 12.1 Å². The van der Waals surface area contributed by atoms with Gasteiger partial charge in [-0.2, -0.15) is 0 Å². The van der Waals surface area contributed by atoms with Crippen LogP contribution in [0.25, 0.3) is 0 Å². The van der Waals surface area contributed by atoms with Crippen LogP contribution >= 0.6 is 15.9 Å². The number of halogens is 1. The van der Waals surface area contributed by atoms with Gasteiger partial charge in [0.05, 0.1) is 0 Å². The highest BCUT2D eigenvalue weighted by Gasteiger charge is 2.20. The predicted octanol–water partition coefficient (Wildman–Crippen LogP) is 5.28. The Morgan fingerprint density at radius 2 is 2.10 bits per heavy atom. The van der Waals surface area contributed by atoms with Crippen LogP contribution in [0.4, 0.5) is 5.69 Å². The van der Waals surface area contributed by atoms with E-state index in [1.165, 1.54) is 54.4 Å². The van der Waals surface area contributed by atoms with E-state index in [9.17, 15) is 0 Å². The molecule has 0 aromatic heterocycles. The molecule has 1 aliphatic rings. The summed E-state index contributed by atoms with van der Waals surface area (Å²) in [6.45, 7) is 8.90. The average molecular weight is 353 g/mol. The molecule has 1 fully saturated rings. The molecule has 3 heteroatoms. The normalized spacial score (nSPS) is 21.1. The molecule has 0 amide bonds. The SMILES string of the molecule is CCNC(C)c1ccc(N2CCCCCC2CC)cc1Br. The van der Waals surface area contributed by atoms with Crippen LogP contribution in [-0.4, -0.2) is 19.1 Å². The Balaban J connectivity index is 2.21. The van der Waals surface area contributed by atoms with E-state index in [0.717, 1.165) is 6.54 Å². The molecule has 1 aromatic rings. The van der Waals surface area contributed by atoms with Gasteiger partial charge in [0.2, 0.25) is 0 Å². The zero-order valence-electron chi connectivity index (χ0n) is 13.7. The van der Waals surface area contributed by atoms with Crippen LogP contribution < -0.4 is 10.2 Å². The minimum absolute atomic E-state index is 0.393. The molecule has 1 saturated heterocycles. The van der Waals surface area contributed by atoms with Crippen LogP contribution in [0.3, 0.4) is 0 Å². The summed E-state index contributed by atoms with van der Waals surface area (Å²) >= 11 is 3.78. The van der Waals surface area contributed by atoms with Crippen LogP contribution in [-0.2, 0) is 0 Å². The minimum atomic E-state index is 0.393. The Labute approximate surface area is 138 Å². The van der Waals surface area contributed by atoms with Gasteiger partial charge >= 0.3 is 0 Å². The highest BCUT2D eigenvalue weighted by molar-refractivity contribution is 9.10. The maximum Gasteiger partial charge on any atom is 0.0380 e. The first kappa shape index (κ1) is 16.8. The van der Waals surface area contributed by atoms with E-state index >= 15 is 0 Å². The molecule has 0 spiro atoms. The molecular formula is C18H29BrN2. The third-order valence-corrected chi connectivity index (χ3v) is 5.33. The van der Waals surface area contributed by atoms with E-state index in [1.54, 1.807) is 0 Å².